The third-order valence-corrected chi connectivity index (χ3v) is 6.65. The summed E-state index contributed by atoms with van der Waals surface area (Å²) in [6, 6.07) is 1.59. The summed E-state index contributed by atoms with van der Waals surface area (Å²) in [6.07, 6.45) is 2.85. The summed E-state index contributed by atoms with van der Waals surface area (Å²) in [5.41, 5.74) is 10.1. The molecule has 0 bridgehead atoms. The van der Waals surface area contributed by atoms with Crippen molar-refractivity contribution in [1.29, 1.82) is 0 Å². The number of aliphatic hydroxyl groups excluding tert-OH is 1. The minimum Gasteiger partial charge on any atom is -0.489 e. The van der Waals surface area contributed by atoms with Crippen LogP contribution in [0.1, 0.15) is 68.9 Å². The van der Waals surface area contributed by atoms with Gasteiger partial charge in [0.25, 0.3) is 0 Å². The first kappa shape index (κ1) is 25.0. The van der Waals surface area contributed by atoms with Crippen molar-refractivity contribution < 1.29 is 28.9 Å². The van der Waals surface area contributed by atoms with Crippen LogP contribution in [0, 0.1) is 0 Å². The second kappa shape index (κ2) is 9.87. The van der Waals surface area contributed by atoms with Gasteiger partial charge in [-0.05, 0) is 39.5 Å². The Morgan fingerprint density at radius 3 is 2.69 bits per heavy atom. The number of hydrogen-bond acceptors (Lipinski definition) is 8. The number of hydrogen-bond donors (Lipinski definition) is 4. The Balaban J connectivity index is 1.88. The van der Waals surface area contributed by atoms with E-state index >= 15 is 0 Å². The molecule has 2 unspecified atom stereocenters. The van der Waals surface area contributed by atoms with Crippen LogP contribution in [0.3, 0.4) is 0 Å². The molecular formula is C25H33N3O7. The average molecular weight is 488 g/mol. The Morgan fingerprint density at radius 2 is 2.06 bits per heavy atom. The Morgan fingerprint density at radius 1 is 1.34 bits per heavy atom. The molecule has 0 amide bonds. The van der Waals surface area contributed by atoms with Crippen molar-refractivity contribution in [2.24, 2.45) is 16.5 Å². The molecule has 0 spiro atoms. The minimum absolute atomic E-state index is 0.0100. The number of aldehydes is 1. The largest absolute Gasteiger partial charge is 0.489 e. The molecule has 2 aliphatic rings. The number of guanidine groups is 1. The second-order valence-corrected chi connectivity index (χ2v) is 9.80. The fourth-order valence-electron chi connectivity index (χ4n) is 4.76. The monoisotopic (exact) mass is 487 g/mol. The lowest BCUT2D eigenvalue weighted by Crippen LogP contribution is -2.39. The van der Waals surface area contributed by atoms with E-state index in [0.717, 1.165) is 25.7 Å². The van der Waals surface area contributed by atoms with Gasteiger partial charge in [-0.15, -0.1) is 0 Å². The molecule has 4 rings (SSSR count). The van der Waals surface area contributed by atoms with Gasteiger partial charge < -0.3 is 40.4 Å². The number of nitrogens with two attached hydrogens (primary N) is 2. The van der Waals surface area contributed by atoms with Crippen LogP contribution in [0.25, 0.3) is 11.0 Å². The molecule has 1 saturated carbocycles. The Hall–Kier alpha value is -3.11. The standard InChI is InChI=1S/C25H33N3O7/c1-25(2,32)19-11-15-17(34-19)12-18-20(23(15)33-13-5-3-4-6-13)21(31)14(8-10-29)22(35-18)16(30)7-9-28-24(26)27/h10,12-13,16,19,30,32H,3-9,11H2,1-2H3,(H4,26,27,28). The molecule has 1 aromatic carbocycles. The highest BCUT2D eigenvalue weighted by Crippen LogP contribution is 2.45. The summed E-state index contributed by atoms with van der Waals surface area (Å²) < 4.78 is 18.5. The molecule has 0 radical (unpaired) electrons. The van der Waals surface area contributed by atoms with Crippen molar-refractivity contribution in [2.75, 3.05) is 6.54 Å². The molecule has 2 aromatic rings. The number of rotatable bonds is 9. The normalized spacial score (nSPS) is 18.8. The molecule has 6 N–H and O–H groups in total. The molecule has 1 aliphatic heterocycles. The van der Waals surface area contributed by atoms with Crippen LogP contribution in [-0.2, 0) is 17.6 Å². The second-order valence-electron chi connectivity index (χ2n) is 9.80. The van der Waals surface area contributed by atoms with Gasteiger partial charge in [0, 0.05) is 43.0 Å². The van der Waals surface area contributed by atoms with Gasteiger partial charge >= 0.3 is 0 Å². The van der Waals surface area contributed by atoms with E-state index in [1.54, 1.807) is 19.9 Å². The van der Waals surface area contributed by atoms with Gasteiger partial charge in [0.1, 0.15) is 46.7 Å². The number of aliphatic imine (C=N–C) groups is 1. The molecule has 1 aliphatic carbocycles. The van der Waals surface area contributed by atoms with Gasteiger partial charge in [0.15, 0.2) is 11.4 Å². The predicted octanol–water partition coefficient (Wildman–Crippen LogP) is 1.63. The number of ether oxygens (including phenoxy) is 2. The quantitative estimate of drug-likeness (QED) is 0.233. The van der Waals surface area contributed by atoms with Crippen molar-refractivity contribution in [3.8, 4) is 11.5 Å². The highest BCUT2D eigenvalue weighted by atomic mass is 16.5. The summed E-state index contributed by atoms with van der Waals surface area (Å²) in [5, 5.41) is 21.5. The first-order chi connectivity index (χ1) is 16.6. The lowest BCUT2D eigenvalue weighted by atomic mass is 9.95. The van der Waals surface area contributed by atoms with Crippen molar-refractivity contribution in [1.82, 2.24) is 0 Å². The van der Waals surface area contributed by atoms with Crippen LogP contribution >= 0.6 is 0 Å². The van der Waals surface area contributed by atoms with Crippen LogP contribution in [0.4, 0.5) is 0 Å². The van der Waals surface area contributed by atoms with Crippen LogP contribution < -0.4 is 26.4 Å². The van der Waals surface area contributed by atoms with Crippen molar-refractivity contribution in [2.45, 2.75) is 82.7 Å². The maximum atomic E-state index is 13.7. The Kier molecular flexibility index (Phi) is 7.05. The first-order valence-electron chi connectivity index (χ1n) is 12.0. The third-order valence-electron chi connectivity index (χ3n) is 6.65. The van der Waals surface area contributed by atoms with Gasteiger partial charge in [-0.2, -0.15) is 0 Å². The van der Waals surface area contributed by atoms with E-state index < -0.39 is 23.2 Å². The van der Waals surface area contributed by atoms with E-state index in [9.17, 15) is 19.8 Å². The smallest absolute Gasteiger partial charge is 0.200 e. The molecule has 0 saturated heterocycles. The Labute approximate surface area is 202 Å². The van der Waals surface area contributed by atoms with Crippen LogP contribution in [-0.4, -0.2) is 46.8 Å². The average Bonchev–Trinajstić information content (AvgIpc) is 3.44. The van der Waals surface area contributed by atoms with Crippen LogP contribution in [0.5, 0.6) is 11.5 Å². The van der Waals surface area contributed by atoms with Crippen LogP contribution in [0.2, 0.25) is 0 Å². The topological polar surface area (TPSA) is 171 Å². The number of aliphatic hydroxyl groups is 2. The number of carbonyl (C=O) groups excluding carboxylic acids is 1. The zero-order chi connectivity index (χ0) is 25.3. The van der Waals surface area contributed by atoms with Crippen molar-refractivity contribution >= 4 is 23.2 Å². The molecule has 2 heterocycles. The van der Waals surface area contributed by atoms with Crippen LogP contribution in [0.15, 0.2) is 20.3 Å². The Bertz CT molecular complexity index is 1190. The molecule has 1 aromatic heterocycles. The summed E-state index contributed by atoms with van der Waals surface area (Å²) in [5.74, 6) is 0.709. The van der Waals surface area contributed by atoms with Gasteiger partial charge in [-0.3, -0.25) is 9.79 Å². The van der Waals surface area contributed by atoms with Gasteiger partial charge in [0.05, 0.1) is 11.7 Å². The fourth-order valence-corrected chi connectivity index (χ4v) is 4.76. The van der Waals surface area contributed by atoms with Crippen molar-refractivity contribution in [3.05, 3.63) is 33.2 Å². The minimum atomic E-state index is -1.21. The number of carbonyl (C=O) groups is 1. The molecule has 190 valence electrons. The summed E-state index contributed by atoms with van der Waals surface area (Å²) >= 11 is 0. The highest BCUT2D eigenvalue weighted by Gasteiger charge is 2.39. The van der Waals surface area contributed by atoms with Gasteiger partial charge in [-0.25, -0.2) is 0 Å². The van der Waals surface area contributed by atoms with Gasteiger partial charge in [-0.1, -0.05) is 0 Å². The molecule has 10 heteroatoms. The first-order valence-corrected chi connectivity index (χ1v) is 12.0. The zero-order valence-electron chi connectivity index (χ0n) is 20.1. The number of fused-ring (bicyclic) bond motifs is 2. The third kappa shape index (κ3) is 5.13. The van der Waals surface area contributed by atoms with E-state index in [0.29, 0.717) is 29.8 Å². The number of nitrogens with zero attached hydrogens (tertiary/aromatic N) is 1. The lowest BCUT2D eigenvalue weighted by molar-refractivity contribution is -0.107. The van der Waals surface area contributed by atoms with Gasteiger partial charge in [0.2, 0.25) is 0 Å². The summed E-state index contributed by atoms with van der Waals surface area (Å²) in [4.78, 5) is 29.0. The fraction of sp³-hybridized carbons (Fsp3) is 0.560. The molecule has 2 atom stereocenters. The lowest BCUT2D eigenvalue weighted by Gasteiger charge is -2.24. The predicted molar refractivity (Wildman–Crippen MR) is 130 cm³/mol. The van der Waals surface area contributed by atoms with E-state index in [4.69, 9.17) is 25.4 Å². The zero-order valence-corrected chi connectivity index (χ0v) is 20.1. The van der Waals surface area contributed by atoms with E-state index in [1.807, 2.05) is 0 Å². The molecule has 10 nitrogen and oxygen atoms in total. The summed E-state index contributed by atoms with van der Waals surface area (Å²) in [7, 11) is 0. The number of benzene rings is 1. The maximum Gasteiger partial charge on any atom is 0.200 e. The molecule has 35 heavy (non-hydrogen) atoms. The summed E-state index contributed by atoms with van der Waals surface area (Å²) in [6.45, 7) is 3.44. The highest BCUT2D eigenvalue weighted by molar-refractivity contribution is 5.88. The van der Waals surface area contributed by atoms with E-state index in [-0.39, 0.29) is 53.7 Å². The molecule has 1 fully saturated rings. The molecular weight excluding hydrogens is 454 g/mol. The van der Waals surface area contributed by atoms with E-state index in [2.05, 4.69) is 4.99 Å². The van der Waals surface area contributed by atoms with Crippen molar-refractivity contribution in [3.63, 3.8) is 0 Å². The van der Waals surface area contributed by atoms with E-state index in [1.165, 1.54) is 0 Å². The SMILES string of the molecule is CC(C)(O)C1Cc2c(cc3oc(C(O)CCN=C(N)N)c(CC=O)c(=O)c3c2OC2CCCC2)O1. The maximum absolute atomic E-state index is 13.7.